The van der Waals surface area contributed by atoms with E-state index in [4.69, 9.17) is 0 Å². The highest BCUT2D eigenvalue weighted by molar-refractivity contribution is 9.10. The summed E-state index contributed by atoms with van der Waals surface area (Å²) in [5, 5.41) is 3.42. The van der Waals surface area contributed by atoms with Gasteiger partial charge in [-0.15, -0.1) is 0 Å². The van der Waals surface area contributed by atoms with Crippen molar-refractivity contribution in [2.75, 3.05) is 6.54 Å². The zero-order valence-corrected chi connectivity index (χ0v) is 11.7. The van der Waals surface area contributed by atoms with Gasteiger partial charge in [-0.3, -0.25) is 4.79 Å². The van der Waals surface area contributed by atoms with Crippen LogP contribution in [0.15, 0.2) is 22.7 Å². The highest BCUT2D eigenvalue weighted by atomic mass is 79.9. The third-order valence-corrected chi connectivity index (χ3v) is 3.84. The van der Waals surface area contributed by atoms with E-state index in [1.54, 1.807) is 0 Å². The van der Waals surface area contributed by atoms with Gasteiger partial charge in [-0.1, -0.05) is 28.4 Å². The first-order valence-electron chi connectivity index (χ1n) is 6.19. The van der Waals surface area contributed by atoms with Crippen LogP contribution in [0.3, 0.4) is 0 Å². The summed E-state index contributed by atoms with van der Waals surface area (Å²) in [7, 11) is 0. The SMILES string of the molecule is Cc1ccc(Br)cc1C(=O)CC1CCCCN1. The maximum absolute atomic E-state index is 12.2. The van der Waals surface area contributed by atoms with Crippen molar-refractivity contribution in [2.24, 2.45) is 0 Å². The van der Waals surface area contributed by atoms with Crippen LogP contribution in [0.25, 0.3) is 0 Å². The van der Waals surface area contributed by atoms with Crippen LogP contribution in [0.4, 0.5) is 0 Å². The van der Waals surface area contributed by atoms with Crippen LogP contribution in [-0.4, -0.2) is 18.4 Å². The van der Waals surface area contributed by atoms with Crippen molar-refractivity contribution in [2.45, 2.75) is 38.6 Å². The van der Waals surface area contributed by atoms with Gasteiger partial charge < -0.3 is 5.32 Å². The Labute approximate surface area is 111 Å². The first kappa shape index (κ1) is 12.8. The zero-order chi connectivity index (χ0) is 12.3. The number of carbonyl (C=O) groups excluding carboxylic acids is 1. The molecule has 0 aromatic heterocycles. The molecule has 2 rings (SSSR count). The van der Waals surface area contributed by atoms with Gasteiger partial charge in [0.1, 0.15) is 0 Å². The summed E-state index contributed by atoms with van der Waals surface area (Å²) < 4.78 is 0.975. The van der Waals surface area contributed by atoms with Crippen LogP contribution in [0, 0.1) is 6.92 Å². The molecule has 1 fully saturated rings. The van der Waals surface area contributed by atoms with Gasteiger partial charge >= 0.3 is 0 Å². The molecule has 1 atom stereocenters. The summed E-state index contributed by atoms with van der Waals surface area (Å²) in [6.07, 6.45) is 4.22. The van der Waals surface area contributed by atoms with Crippen LogP contribution in [0.1, 0.15) is 41.6 Å². The largest absolute Gasteiger partial charge is 0.314 e. The van der Waals surface area contributed by atoms with Crippen molar-refractivity contribution >= 4 is 21.7 Å². The maximum Gasteiger partial charge on any atom is 0.164 e. The third kappa shape index (κ3) is 3.39. The van der Waals surface area contributed by atoms with E-state index in [-0.39, 0.29) is 5.78 Å². The minimum Gasteiger partial charge on any atom is -0.314 e. The molecular formula is C14H18BrNO. The summed E-state index contributed by atoms with van der Waals surface area (Å²) in [6, 6.07) is 6.27. The van der Waals surface area contributed by atoms with Crippen molar-refractivity contribution in [1.29, 1.82) is 0 Å². The van der Waals surface area contributed by atoms with Crippen LogP contribution < -0.4 is 5.32 Å². The second kappa shape index (κ2) is 5.78. The van der Waals surface area contributed by atoms with Gasteiger partial charge in [0.15, 0.2) is 5.78 Å². The van der Waals surface area contributed by atoms with Crippen LogP contribution in [0.5, 0.6) is 0 Å². The minimum absolute atomic E-state index is 0.253. The van der Waals surface area contributed by atoms with E-state index in [0.29, 0.717) is 12.5 Å². The van der Waals surface area contributed by atoms with E-state index in [9.17, 15) is 4.79 Å². The lowest BCUT2D eigenvalue weighted by Gasteiger charge is -2.23. The molecule has 0 amide bonds. The number of benzene rings is 1. The van der Waals surface area contributed by atoms with E-state index in [0.717, 1.165) is 28.6 Å². The topological polar surface area (TPSA) is 29.1 Å². The van der Waals surface area contributed by atoms with Crippen molar-refractivity contribution in [1.82, 2.24) is 5.32 Å². The summed E-state index contributed by atoms with van der Waals surface area (Å²) in [5.41, 5.74) is 1.92. The molecule has 1 saturated heterocycles. The average Bonchev–Trinajstić information content (AvgIpc) is 2.33. The highest BCUT2D eigenvalue weighted by Crippen LogP contribution is 2.19. The minimum atomic E-state index is 0.253. The molecule has 1 N–H and O–H groups in total. The molecule has 0 saturated carbocycles. The van der Waals surface area contributed by atoms with Crippen LogP contribution in [-0.2, 0) is 0 Å². The van der Waals surface area contributed by atoms with Gasteiger partial charge in [-0.05, 0) is 44.0 Å². The molecular weight excluding hydrogens is 278 g/mol. The Morgan fingerprint density at radius 2 is 2.29 bits per heavy atom. The normalized spacial score (nSPS) is 20.2. The van der Waals surface area contributed by atoms with Crippen LogP contribution >= 0.6 is 15.9 Å². The Morgan fingerprint density at radius 3 is 3.00 bits per heavy atom. The lowest BCUT2D eigenvalue weighted by Crippen LogP contribution is -2.35. The monoisotopic (exact) mass is 295 g/mol. The highest BCUT2D eigenvalue weighted by Gasteiger charge is 2.18. The van der Waals surface area contributed by atoms with E-state index < -0.39 is 0 Å². The zero-order valence-electron chi connectivity index (χ0n) is 10.1. The molecule has 1 aliphatic rings. The number of halogens is 1. The Hall–Kier alpha value is -0.670. The van der Waals surface area contributed by atoms with Gasteiger partial charge in [0.05, 0.1) is 0 Å². The number of piperidine rings is 1. The molecule has 2 nitrogen and oxygen atoms in total. The van der Waals surface area contributed by atoms with Gasteiger partial charge in [-0.2, -0.15) is 0 Å². The standard InChI is InChI=1S/C14H18BrNO/c1-10-5-6-11(15)8-13(10)14(17)9-12-4-2-3-7-16-12/h5-6,8,12,16H,2-4,7,9H2,1H3. The number of ketones is 1. The Bertz CT molecular complexity index is 411. The molecule has 92 valence electrons. The van der Waals surface area contributed by atoms with Gasteiger partial charge in [-0.25, -0.2) is 0 Å². The molecule has 3 heteroatoms. The average molecular weight is 296 g/mol. The number of hydrogen-bond donors (Lipinski definition) is 1. The number of carbonyl (C=O) groups is 1. The van der Waals surface area contributed by atoms with Gasteiger partial charge in [0.25, 0.3) is 0 Å². The molecule has 17 heavy (non-hydrogen) atoms. The number of rotatable bonds is 3. The molecule has 1 aliphatic heterocycles. The molecule has 1 aromatic rings. The van der Waals surface area contributed by atoms with Gasteiger partial charge in [0.2, 0.25) is 0 Å². The predicted molar refractivity (Wildman–Crippen MR) is 73.5 cm³/mol. The van der Waals surface area contributed by atoms with Crippen molar-refractivity contribution in [3.63, 3.8) is 0 Å². The Kier molecular flexibility index (Phi) is 4.35. The number of Topliss-reactive ketones (excluding diaryl/α,β-unsaturated/α-hetero) is 1. The van der Waals surface area contributed by atoms with E-state index in [1.807, 2.05) is 25.1 Å². The molecule has 1 unspecified atom stereocenters. The first-order chi connectivity index (χ1) is 8.16. The number of nitrogens with one attached hydrogen (secondary N) is 1. The lowest BCUT2D eigenvalue weighted by molar-refractivity contribution is 0.0963. The quantitative estimate of drug-likeness (QED) is 0.865. The molecule has 0 bridgehead atoms. The summed E-state index contributed by atoms with van der Waals surface area (Å²) in [4.78, 5) is 12.2. The Morgan fingerprint density at radius 1 is 1.47 bits per heavy atom. The third-order valence-electron chi connectivity index (χ3n) is 3.34. The Balaban J connectivity index is 2.05. The predicted octanol–water partition coefficient (Wildman–Crippen LogP) is 3.47. The number of aryl methyl sites for hydroxylation is 1. The number of hydrogen-bond acceptors (Lipinski definition) is 2. The summed E-state index contributed by atoms with van der Waals surface area (Å²) >= 11 is 3.42. The molecule has 0 spiro atoms. The van der Waals surface area contributed by atoms with E-state index >= 15 is 0 Å². The van der Waals surface area contributed by atoms with Gasteiger partial charge in [0, 0.05) is 22.5 Å². The molecule has 0 aliphatic carbocycles. The van der Waals surface area contributed by atoms with E-state index in [1.165, 1.54) is 12.8 Å². The fourth-order valence-electron chi connectivity index (χ4n) is 2.33. The molecule has 0 radical (unpaired) electrons. The van der Waals surface area contributed by atoms with Crippen LogP contribution in [0.2, 0.25) is 0 Å². The van der Waals surface area contributed by atoms with Crippen molar-refractivity contribution in [3.8, 4) is 0 Å². The van der Waals surface area contributed by atoms with Crippen molar-refractivity contribution in [3.05, 3.63) is 33.8 Å². The molecule has 1 heterocycles. The molecule has 1 aromatic carbocycles. The second-order valence-corrected chi connectivity index (χ2v) is 5.65. The summed E-state index contributed by atoms with van der Waals surface area (Å²) in [6.45, 7) is 3.05. The summed E-state index contributed by atoms with van der Waals surface area (Å²) in [5.74, 6) is 0.253. The maximum atomic E-state index is 12.2. The fourth-order valence-corrected chi connectivity index (χ4v) is 2.69. The second-order valence-electron chi connectivity index (χ2n) is 4.73. The lowest BCUT2D eigenvalue weighted by atomic mass is 9.95. The van der Waals surface area contributed by atoms with E-state index in [2.05, 4.69) is 21.2 Å². The smallest absolute Gasteiger partial charge is 0.164 e. The first-order valence-corrected chi connectivity index (χ1v) is 6.99. The fraction of sp³-hybridized carbons (Fsp3) is 0.500. The van der Waals surface area contributed by atoms with Crippen molar-refractivity contribution < 1.29 is 4.79 Å².